The summed E-state index contributed by atoms with van der Waals surface area (Å²) >= 11 is 6.26. The van der Waals surface area contributed by atoms with Crippen LogP contribution in [-0.2, 0) is 13.0 Å². The number of hydrogen-bond acceptors (Lipinski definition) is 2. The van der Waals surface area contributed by atoms with Gasteiger partial charge >= 0.3 is 0 Å². The normalized spacial score (nSPS) is 14.7. The summed E-state index contributed by atoms with van der Waals surface area (Å²) in [5.74, 6) is 0. The number of halogens is 1. The maximum atomic E-state index is 6.26. The van der Waals surface area contributed by atoms with Crippen molar-refractivity contribution in [3.05, 3.63) is 76.8 Å². The molecule has 0 bridgehead atoms. The van der Waals surface area contributed by atoms with E-state index in [1.807, 2.05) is 18.2 Å². The summed E-state index contributed by atoms with van der Waals surface area (Å²) in [7, 11) is 2.18. The van der Waals surface area contributed by atoms with Crippen LogP contribution in [0.25, 0.3) is 32.9 Å². The Labute approximate surface area is 158 Å². The van der Waals surface area contributed by atoms with Gasteiger partial charge in [0.15, 0.2) is 0 Å². The van der Waals surface area contributed by atoms with Crippen molar-refractivity contribution in [1.29, 1.82) is 0 Å². The highest BCUT2D eigenvalue weighted by atomic mass is 35.5. The monoisotopic (exact) mass is 358 g/mol. The van der Waals surface area contributed by atoms with Gasteiger partial charge in [-0.1, -0.05) is 54.1 Å². The molecular weight excluding hydrogens is 340 g/mol. The van der Waals surface area contributed by atoms with Crippen LogP contribution in [0.3, 0.4) is 0 Å². The lowest BCUT2D eigenvalue weighted by atomic mass is 9.90. The summed E-state index contributed by atoms with van der Waals surface area (Å²) in [5.41, 5.74) is 6.02. The Bertz CT molecular complexity index is 1150. The zero-order valence-electron chi connectivity index (χ0n) is 14.7. The van der Waals surface area contributed by atoms with Crippen LogP contribution >= 0.6 is 11.6 Å². The van der Waals surface area contributed by atoms with E-state index in [-0.39, 0.29) is 0 Å². The van der Waals surface area contributed by atoms with Gasteiger partial charge < -0.3 is 4.90 Å². The average molecular weight is 359 g/mol. The first-order chi connectivity index (χ1) is 12.7. The molecule has 1 aliphatic rings. The van der Waals surface area contributed by atoms with Gasteiger partial charge in [-0.3, -0.25) is 0 Å². The number of fused-ring (bicyclic) bond motifs is 5. The Morgan fingerprint density at radius 2 is 1.85 bits per heavy atom. The lowest BCUT2D eigenvalue weighted by Crippen LogP contribution is -2.27. The van der Waals surface area contributed by atoms with Crippen LogP contribution in [0.1, 0.15) is 11.1 Å². The second-order valence-electron chi connectivity index (χ2n) is 7.10. The first-order valence-electron chi connectivity index (χ1n) is 8.98. The van der Waals surface area contributed by atoms with Crippen molar-refractivity contribution in [3.63, 3.8) is 0 Å². The van der Waals surface area contributed by atoms with E-state index in [4.69, 9.17) is 16.6 Å². The lowest BCUT2D eigenvalue weighted by molar-refractivity contribution is 0.314. The quantitative estimate of drug-likeness (QED) is 0.406. The van der Waals surface area contributed by atoms with Gasteiger partial charge in [-0.15, -0.1) is 0 Å². The van der Waals surface area contributed by atoms with Crippen LogP contribution in [0.15, 0.2) is 60.7 Å². The highest BCUT2D eigenvalue weighted by molar-refractivity contribution is 6.30. The molecule has 0 amide bonds. The van der Waals surface area contributed by atoms with Gasteiger partial charge in [0, 0.05) is 29.1 Å². The maximum Gasteiger partial charge on any atom is 0.0758 e. The molecule has 3 heteroatoms. The molecular formula is C23H19ClN2. The third kappa shape index (κ3) is 2.49. The molecule has 0 N–H and O–H groups in total. The summed E-state index contributed by atoms with van der Waals surface area (Å²) in [6.45, 7) is 1.99. The van der Waals surface area contributed by atoms with Crippen molar-refractivity contribution < 1.29 is 0 Å². The number of benzene rings is 3. The standard InChI is InChI=1S/C23H19ClN2/c1-26-12-11-19-20(14-26)23(16-6-4-7-17(24)13-16)25-21-10-9-15-5-2-3-8-18(15)22(19)21/h2-10,13H,11-12,14H2,1H3. The van der Waals surface area contributed by atoms with Crippen LogP contribution in [0, 0.1) is 0 Å². The first-order valence-corrected chi connectivity index (χ1v) is 9.36. The van der Waals surface area contributed by atoms with Gasteiger partial charge in [-0.25, -0.2) is 4.98 Å². The van der Waals surface area contributed by atoms with Crippen molar-refractivity contribution in [3.8, 4) is 11.3 Å². The molecule has 0 radical (unpaired) electrons. The zero-order chi connectivity index (χ0) is 17.7. The molecule has 5 rings (SSSR count). The summed E-state index contributed by atoms with van der Waals surface area (Å²) in [5, 5.41) is 4.65. The van der Waals surface area contributed by atoms with Crippen molar-refractivity contribution in [2.75, 3.05) is 13.6 Å². The molecule has 2 nitrogen and oxygen atoms in total. The molecule has 0 fully saturated rings. The number of hydrogen-bond donors (Lipinski definition) is 0. The molecule has 1 aliphatic heterocycles. The van der Waals surface area contributed by atoms with E-state index in [1.54, 1.807) is 0 Å². The summed E-state index contributed by atoms with van der Waals surface area (Å²) in [4.78, 5) is 7.47. The highest BCUT2D eigenvalue weighted by Crippen LogP contribution is 2.37. The van der Waals surface area contributed by atoms with Crippen LogP contribution in [0.4, 0.5) is 0 Å². The summed E-state index contributed by atoms with van der Waals surface area (Å²) in [6, 6.07) is 21.0. The fourth-order valence-electron chi connectivity index (χ4n) is 4.12. The van der Waals surface area contributed by atoms with E-state index >= 15 is 0 Å². The molecule has 26 heavy (non-hydrogen) atoms. The topological polar surface area (TPSA) is 16.1 Å². The van der Waals surface area contributed by atoms with Gasteiger partial charge in [0.25, 0.3) is 0 Å². The van der Waals surface area contributed by atoms with E-state index < -0.39 is 0 Å². The highest BCUT2D eigenvalue weighted by Gasteiger charge is 2.22. The molecule has 1 aromatic heterocycles. The lowest BCUT2D eigenvalue weighted by Gasteiger charge is -2.28. The molecule has 2 heterocycles. The second kappa shape index (κ2) is 6.08. The Balaban J connectivity index is 1.90. The van der Waals surface area contributed by atoms with Crippen molar-refractivity contribution >= 4 is 33.3 Å². The predicted molar refractivity (Wildman–Crippen MR) is 110 cm³/mol. The number of aromatic nitrogens is 1. The average Bonchev–Trinajstić information content (AvgIpc) is 2.66. The van der Waals surface area contributed by atoms with Crippen LogP contribution < -0.4 is 0 Å². The SMILES string of the molecule is CN1CCc2c(c(-c3cccc(Cl)c3)nc3ccc4ccccc4c23)C1. The van der Waals surface area contributed by atoms with E-state index in [1.165, 1.54) is 27.3 Å². The largest absolute Gasteiger partial charge is 0.302 e. The Morgan fingerprint density at radius 1 is 0.962 bits per heavy atom. The van der Waals surface area contributed by atoms with E-state index in [2.05, 4.69) is 54.4 Å². The Kier molecular flexibility index (Phi) is 3.70. The summed E-state index contributed by atoms with van der Waals surface area (Å²) in [6.07, 6.45) is 1.05. The van der Waals surface area contributed by atoms with Crippen molar-refractivity contribution in [2.45, 2.75) is 13.0 Å². The van der Waals surface area contributed by atoms with Gasteiger partial charge in [-0.05, 0) is 53.6 Å². The predicted octanol–water partition coefficient (Wildman–Crippen LogP) is 5.70. The molecule has 0 atom stereocenters. The molecule has 0 aliphatic carbocycles. The van der Waals surface area contributed by atoms with Crippen LogP contribution in [0.5, 0.6) is 0 Å². The van der Waals surface area contributed by atoms with Crippen LogP contribution in [0.2, 0.25) is 5.02 Å². The second-order valence-corrected chi connectivity index (χ2v) is 7.53. The minimum absolute atomic E-state index is 0.751. The number of rotatable bonds is 1. The van der Waals surface area contributed by atoms with E-state index in [9.17, 15) is 0 Å². The molecule has 0 saturated heterocycles. The van der Waals surface area contributed by atoms with Gasteiger partial charge in [-0.2, -0.15) is 0 Å². The molecule has 128 valence electrons. The Hall–Kier alpha value is -2.42. The summed E-state index contributed by atoms with van der Waals surface area (Å²) < 4.78 is 0. The fraction of sp³-hybridized carbons (Fsp3) is 0.174. The first kappa shape index (κ1) is 15.8. The number of nitrogens with zero attached hydrogens (tertiary/aromatic N) is 2. The number of likely N-dealkylation sites (N-methyl/N-ethyl adjacent to an activating group) is 1. The molecule has 3 aromatic carbocycles. The van der Waals surface area contributed by atoms with Gasteiger partial charge in [0.1, 0.15) is 0 Å². The van der Waals surface area contributed by atoms with Crippen molar-refractivity contribution in [2.24, 2.45) is 0 Å². The third-order valence-corrected chi connectivity index (χ3v) is 5.60. The molecule has 4 aromatic rings. The molecule has 0 unspecified atom stereocenters. The van der Waals surface area contributed by atoms with Gasteiger partial charge in [0.2, 0.25) is 0 Å². The zero-order valence-corrected chi connectivity index (χ0v) is 15.4. The van der Waals surface area contributed by atoms with Crippen LogP contribution in [-0.4, -0.2) is 23.5 Å². The Morgan fingerprint density at radius 3 is 2.73 bits per heavy atom. The molecule has 0 saturated carbocycles. The van der Waals surface area contributed by atoms with Crippen molar-refractivity contribution in [1.82, 2.24) is 9.88 Å². The minimum atomic E-state index is 0.751. The smallest absolute Gasteiger partial charge is 0.0758 e. The molecule has 0 spiro atoms. The van der Waals surface area contributed by atoms with E-state index in [0.29, 0.717) is 0 Å². The van der Waals surface area contributed by atoms with E-state index in [0.717, 1.165) is 41.3 Å². The van der Waals surface area contributed by atoms with Gasteiger partial charge in [0.05, 0.1) is 11.2 Å². The fourth-order valence-corrected chi connectivity index (χ4v) is 4.31. The maximum absolute atomic E-state index is 6.26. The number of pyridine rings is 1. The third-order valence-electron chi connectivity index (χ3n) is 5.36. The minimum Gasteiger partial charge on any atom is -0.302 e.